The van der Waals surface area contributed by atoms with Gasteiger partial charge in [0.25, 0.3) is 5.91 Å². The fraction of sp³-hybridized carbons (Fsp3) is 0.286. The zero-order chi connectivity index (χ0) is 23.0. The Kier molecular flexibility index (Phi) is 5.41. The first kappa shape index (κ1) is 21.3. The molecule has 1 saturated heterocycles. The number of nitrogens with one attached hydrogen (secondary N) is 1. The number of carbonyl (C=O) groups excluding carboxylic acids is 1. The molecule has 5 heteroatoms. The Morgan fingerprint density at radius 1 is 1.06 bits per heavy atom. The van der Waals surface area contributed by atoms with Crippen molar-refractivity contribution < 1.29 is 9.90 Å². The average Bonchev–Trinajstić information content (AvgIpc) is 3.63. The number of benzene rings is 2. The molecule has 0 bridgehead atoms. The van der Waals surface area contributed by atoms with Gasteiger partial charge in [-0.05, 0) is 85.2 Å². The summed E-state index contributed by atoms with van der Waals surface area (Å²) in [4.78, 5) is 20.5. The lowest BCUT2D eigenvalue weighted by molar-refractivity contribution is -0.132. The van der Waals surface area contributed by atoms with E-state index in [4.69, 9.17) is 0 Å². The second kappa shape index (κ2) is 8.39. The summed E-state index contributed by atoms with van der Waals surface area (Å²) in [6, 6.07) is 21.3. The highest BCUT2D eigenvalue weighted by atomic mass is 16.3. The molecule has 5 rings (SSSR count). The van der Waals surface area contributed by atoms with Gasteiger partial charge in [-0.15, -0.1) is 0 Å². The first-order valence-corrected chi connectivity index (χ1v) is 11.6. The highest BCUT2D eigenvalue weighted by molar-refractivity contribution is 5.93. The van der Waals surface area contributed by atoms with Gasteiger partial charge >= 0.3 is 0 Å². The van der Waals surface area contributed by atoms with Gasteiger partial charge in [-0.2, -0.15) is 0 Å². The Balaban J connectivity index is 1.53. The second-order valence-electron chi connectivity index (χ2n) is 9.21. The van der Waals surface area contributed by atoms with E-state index < -0.39 is 5.54 Å². The van der Waals surface area contributed by atoms with E-state index in [2.05, 4.69) is 36.3 Å². The molecule has 33 heavy (non-hydrogen) atoms. The number of hydrogen-bond donors (Lipinski definition) is 2. The van der Waals surface area contributed by atoms with Crippen molar-refractivity contribution in [1.29, 1.82) is 0 Å². The first-order valence-electron chi connectivity index (χ1n) is 11.6. The molecule has 3 aromatic rings. The summed E-state index contributed by atoms with van der Waals surface area (Å²) >= 11 is 0. The highest BCUT2D eigenvalue weighted by Gasteiger charge is 2.58. The summed E-state index contributed by atoms with van der Waals surface area (Å²) in [5.41, 5.74) is 4.22. The third kappa shape index (κ3) is 3.88. The summed E-state index contributed by atoms with van der Waals surface area (Å²) in [5.74, 6) is 1.52. The second-order valence-corrected chi connectivity index (χ2v) is 9.21. The zero-order valence-electron chi connectivity index (χ0n) is 19.1. The molecule has 1 unspecified atom stereocenters. The van der Waals surface area contributed by atoms with Gasteiger partial charge in [-0.1, -0.05) is 36.4 Å². The smallest absolute Gasteiger partial charge is 0.258 e. The molecule has 1 aromatic heterocycles. The van der Waals surface area contributed by atoms with Crippen LogP contribution < -0.4 is 5.32 Å². The number of amides is 1. The predicted molar refractivity (Wildman–Crippen MR) is 129 cm³/mol. The summed E-state index contributed by atoms with van der Waals surface area (Å²) in [6.07, 6.45) is 4.55. The van der Waals surface area contributed by atoms with Gasteiger partial charge in [0.15, 0.2) is 0 Å². The van der Waals surface area contributed by atoms with Crippen molar-refractivity contribution in [1.82, 2.24) is 15.2 Å². The van der Waals surface area contributed by atoms with E-state index in [0.29, 0.717) is 13.0 Å². The molecule has 1 aliphatic carbocycles. The fourth-order valence-electron chi connectivity index (χ4n) is 4.86. The molecular weight excluding hydrogens is 410 g/mol. The molecule has 2 fully saturated rings. The van der Waals surface area contributed by atoms with Crippen molar-refractivity contribution in [3.05, 3.63) is 95.6 Å². The third-order valence-corrected chi connectivity index (χ3v) is 6.65. The number of carbonyl (C=O) groups is 1. The lowest BCUT2D eigenvalue weighted by Crippen LogP contribution is -2.46. The lowest BCUT2D eigenvalue weighted by Gasteiger charge is -2.28. The first-order chi connectivity index (χ1) is 16.0. The van der Waals surface area contributed by atoms with E-state index in [0.717, 1.165) is 46.6 Å². The third-order valence-electron chi connectivity index (χ3n) is 6.65. The van der Waals surface area contributed by atoms with Crippen LogP contribution in [0.3, 0.4) is 0 Å². The molecule has 5 nitrogen and oxygen atoms in total. The Hall–Kier alpha value is -3.60. The van der Waals surface area contributed by atoms with Crippen LogP contribution in [0, 0.1) is 5.92 Å². The van der Waals surface area contributed by atoms with E-state index >= 15 is 0 Å². The largest absolute Gasteiger partial charge is 0.508 e. The number of phenols is 1. The Morgan fingerprint density at radius 2 is 1.82 bits per heavy atom. The molecule has 1 saturated carbocycles. The molecule has 2 N–H and O–H groups in total. The Morgan fingerprint density at radius 3 is 2.48 bits per heavy atom. The minimum atomic E-state index is -0.760. The standard InChI is InChI=1S/C28H29N3O2/c1-19(2)26-30-28(22-12-13-22,27(33)31(26)16-14-24-10-3-4-15-29-24)23-9-5-7-20(17-23)21-8-6-11-25(32)18-21/h3-11,15,17-18,22,30,32H,12-14,16H2,1-2H3. The number of phenolic OH excluding ortho intramolecular Hbond substituents is 1. The number of aromatic nitrogens is 1. The molecular formula is C28H29N3O2. The lowest BCUT2D eigenvalue weighted by atomic mass is 9.83. The van der Waals surface area contributed by atoms with Crippen molar-refractivity contribution in [2.45, 2.75) is 38.6 Å². The molecule has 0 spiro atoms. The summed E-state index contributed by atoms with van der Waals surface area (Å²) in [5, 5.41) is 13.6. The molecule has 2 heterocycles. The summed E-state index contributed by atoms with van der Waals surface area (Å²) < 4.78 is 0. The van der Waals surface area contributed by atoms with Gasteiger partial charge < -0.3 is 10.4 Å². The van der Waals surface area contributed by atoms with Crippen LogP contribution in [0.25, 0.3) is 11.1 Å². The van der Waals surface area contributed by atoms with Crippen molar-refractivity contribution in [3.63, 3.8) is 0 Å². The van der Waals surface area contributed by atoms with Crippen LogP contribution >= 0.6 is 0 Å². The monoisotopic (exact) mass is 439 g/mol. The predicted octanol–water partition coefficient (Wildman–Crippen LogP) is 4.99. The maximum absolute atomic E-state index is 14.1. The van der Waals surface area contributed by atoms with E-state index in [1.54, 1.807) is 18.3 Å². The highest BCUT2D eigenvalue weighted by Crippen LogP contribution is 2.51. The zero-order valence-corrected chi connectivity index (χ0v) is 19.1. The summed E-state index contributed by atoms with van der Waals surface area (Å²) in [7, 11) is 0. The molecule has 0 radical (unpaired) electrons. The van der Waals surface area contributed by atoms with Crippen LogP contribution in [0.1, 0.15) is 37.9 Å². The summed E-state index contributed by atoms with van der Waals surface area (Å²) in [6.45, 7) is 4.69. The minimum Gasteiger partial charge on any atom is -0.508 e. The van der Waals surface area contributed by atoms with Gasteiger partial charge in [0.1, 0.15) is 17.1 Å². The van der Waals surface area contributed by atoms with Crippen LogP contribution in [-0.4, -0.2) is 27.4 Å². The van der Waals surface area contributed by atoms with Gasteiger partial charge in [-0.25, -0.2) is 0 Å². The van der Waals surface area contributed by atoms with Crippen molar-refractivity contribution in [2.24, 2.45) is 5.92 Å². The van der Waals surface area contributed by atoms with Gasteiger partial charge in [0, 0.05) is 24.9 Å². The Labute approximate surface area is 194 Å². The van der Waals surface area contributed by atoms with Crippen LogP contribution in [0.15, 0.2) is 84.3 Å². The molecule has 1 amide bonds. The number of pyridine rings is 1. The maximum atomic E-state index is 14.1. The Bertz CT molecular complexity index is 1210. The van der Waals surface area contributed by atoms with Crippen molar-refractivity contribution >= 4 is 5.91 Å². The minimum absolute atomic E-state index is 0.116. The van der Waals surface area contributed by atoms with Crippen LogP contribution in [0.5, 0.6) is 5.75 Å². The molecule has 168 valence electrons. The van der Waals surface area contributed by atoms with Gasteiger partial charge in [-0.3, -0.25) is 14.7 Å². The number of allylic oxidation sites excluding steroid dienone is 1. The molecule has 1 aliphatic heterocycles. The topological polar surface area (TPSA) is 65.5 Å². The van der Waals surface area contributed by atoms with E-state index in [9.17, 15) is 9.90 Å². The van der Waals surface area contributed by atoms with Gasteiger partial charge in [0.05, 0.1) is 0 Å². The van der Waals surface area contributed by atoms with E-state index in [1.165, 1.54) is 0 Å². The van der Waals surface area contributed by atoms with Crippen molar-refractivity contribution in [2.75, 3.05) is 6.54 Å². The fourth-order valence-corrected chi connectivity index (χ4v) is 4.86. The van der Waals surface area contributed by atoms with Crippen molar-refractivity contribution in [3.8, 4) is 16.9 Å². The molecule has 2 aliphatic rings. The average molecular weight is 440 g/mol. The number of nitrogens with zero attached hydrogens (tertiary/aromatic N) is 2. The number of rotatable bonds is 6. The van der Waals surface area contributed by atoms with E-state index in [-0.39, 0.29) is 17.6 Å². The maximum Gasteiger partial charge on any atom is 0.258 e. The number of aromatic hydroxyl groups is 1. The quantitative estimate of drug-likeness (QED) is 0.568. The SMILES string of the molecule is CC(C)=C1NC(c2cccc(-c3cccc(O)c3)c2)(C2CC2)C(=O)N1CCc1ccccn1. The van der Waals surface area contributed by atoms with Crippen LogP contribution in [0.4, 0.5) is 0 Å². The van der Waals surface area contributed by atoms with E-state index in [1.807, 2.05) is 47.4 Å². The van der Waals surface area contributed by atoms with Gasteiger partial charge in [0.2, 0.25) is 0 Å². The van der Waals surface area contributed by atoms with Crippen LogP contribution in [0.2, 0.25) is 0 Å². The normalized spacial score (nSPS) is 20.1. The number of hydrogen-bond acceptors (Lipinski definition) is 4. The molecule has 1 atom stereocenters. The van der Waals surface area contributed by atoms with Crippen LogP contribution in [-0.2, 0) is 16.8 Å². The molecule has 2 aromatic carbocycles.